The molecule has 8 nitrogen and oxygen atoms in total. The summed E-state index contributed by atoms with van der Waals surface area (Å²) in [5.41, 5.74) is 5.29. The molecule has 0 unspecified atom stereocenters. The van der Waals surface area contributed by atoms with Crippen LogP contribution in [0.2, 0.25) is 0 Å². The van der Waals surface area contributed by atoms with E-state index in [1.165, 1.54) is 0 Å². The quantitative estimate of drug-likeness (QED) is 0.527. The highest BCUT2D eigenvalue weighted by Gasteiger charge is 2.29. The van der Waals surface area contributed by atoms with Crippen molar-refractivity contribution in [2.45, 2.75) is 12.8 Å². The van der Waals surface area contributed by atoms with Gasteiger partial charge in [-0.05, 0) is 37.1 Å². The zero-order valence-corrected chi connectivity index (χ0v) is 13.6. The highest BCUT2D eigenvalue weighted by atomic mass is 16.4. The van der Waals surface area contributed by atoms with Gasteiger partial charge in [0.1, 0.15) is 5.82 Å². The van der Waals surface area contributed by atoms with E-state index in [0.717, 1.165) is 46.0 Å². The molecule has 0 saturated carbocycles. The van der Waals surface area contributed by atoms with E-state index in [2.05, 4.69) is 25.3 Å². The smallest absolute Gasteiger partial charge is 0.356 e. The maximum absolute atomic E-state index is 11.7. The predicted molar refractivity (Wildman–Crippen MR) is 93.1 cm³/mol. The number of aryl methyl sites for hydroxylation is 1. The number of imidazole rings is 1. The Bertz CT molecular complexity index is 1110. The summed E-state index contributed by atoms with van der Waals surface area (Å²) in [5, 5.41) is 21.0. The minimum Gasteiger partial charge on any atom is -0.476 e. The second-order valence-corrected chi connectivity index (χ2v) is 6.14. The molecule has 1 aliphatic carbocycles. The number of aromatic carboxylic acids is 1. The average molecular weight is 346 g/mol. The second-order valence-electron chi connectivity index (χ2n) is 6.14. The first-order valence-electron chi connectivity index (χ1n) is 8.20. The van der Waals surface area contributed by atoms with Gasteiger partial charge < -0.3 is 10.1 Å². The summed E-state index contributed by atoms with van der Waals surface area (Å²) in [7, 11) is 0. The Morgan fingerprint density at radius 2 is 2.04 bits per heavy atom. The molecule has 1 aromatic carbocycles. The van der Waals surface area contributed by atoms with E-state index >= 15 is 0 Å². The van der Waals surface area contributed by atoms with Gasteiger partial charge in [0.05, 0.1) is 17.6 Å². The molecule has 4 aromatic rings. The van der Waals surface area contributed by atoms with Gasteiger partial charge in [-0.2, -0.15) is 10.2 Å². The van der Waals surface area contributed by atoms with E-state index in [0.29, 0.717) is 6.42 Å². The Morgan fingerprint density at radius 1 is 1.19 bits per heavy atom. The van der Waals surface area contributed by atoms with E-state index in [1.54, 1.807) is 23.3 Å². The fraction of sp³-hybridized carbons (Fsp3) is 0.111. The van der Waals surface area contributed by atoms with Crippen LogP contribution in [-0.4, -0.2) is 41.0 Å². The minimum atomic E-state index is -1.01. The van der Waals surface area contributed by atoms with Crippen LogP contribution in [0, 0.1) is 0 Å². The lowest BCUT2D eigenvalue weighted by Crippen LogP contribution is -2.07. The normalized spacial score (nSPS) is 12.6. The topological polar surface area (TPSA) is 112 Å². The van der Waals surface area contributed by atoms with Crippen LogP contribution in [0.4, 0.5) is 0 Å². The number of carboxylic acids is 1. The summed E-state index contributed by atoms with van der Waals surface area (Å²) in [6.45, 7) is 0. The highest BCUT2D eigenvalue weighted by Crippen LogP contribution is 2.36. The van der Waals surface area contributed by atoms with Crippen molar-refractivity contribution in [3.8, 4) is 28.3 Å². The first-order chi connectivity index (χ1) is 12.7. The molecule has 128 valence electrons. The third-order valence-electron chi connectivity index (χ3n) is 4.67. The maximum atomic E-state index is 11.7. The number of nitrogens with zero attached hydrogens (tertiary/aromatic N) is 4. The molecule has 3 heterocycles. The van der Waals surface area contributed by atoms with Crippen LogP contribution in [0.3, 0.4) is 0 Å². The van der Waals surface area contributed by atoms with Crippen molar-refractivity contribution < 1.29 is 9.90 Å². The molecule has 0 atom stereocenters. The SMILES string of the molecule is O=C(O)c1nn(-c2ccc(-c3ncc[nH]3)cc2)c2c1CCc1[nH]ncc1-2. The summed E-state index contributed by atoms with van der Waals surface area (Å²) in [6.07, 6.45) is 6.55. The molecule has 3 N–H and O–H groups in total. The molecule has 0 bridgehead atoms. The summed E-state index contributed by atoms with van der Waals surface area (Å²) in [4.78, 5) is 19.0. The van der Waals surface area contributed by atoms with Crippen molar-refractivity contribution in [3.63, 3.8) is 0 Å². The summed E-state index contributed by atoms with van der Waals surface area (Å²) in [6, 6.07) is 7.68. The number of carboxylic acid groups (broad SMARTS) is 1. The molecule has 8 heteroatoms. The van der Waals surface area contributed by atoms with Gasteiger partial charge in [-0.3, -0.25) is 5.10 Å². The lowest BCUT2D eigenvalue weighted by atomic mass is 9.94. The molecule has 3 aromatic heterocycles. The number of fused-ring (bicyclic) bond motifs is 3. The maximum Gasteiger partial charge on any atom is 0.356 e. The Hall–Kier alpha value is -3.68. The largest absolute Gasteiger partial charge is 0.476 e. The Kier molecular flexibility index (Phi) is 3.05. The number of benzene rings is 1. The fourth-order valence-corrected chi connectivity index (χ4v) is 3.46. The van der Waals surface area contributed by atoms with Gasteiger partial charge in [0.2, 0.25) is 0 Å². The van der Waals surface area contributed by atoms with Crippen molar-refractivity contribution in [1.29, 1.82) is 0 Å². The van der Waals surface area contributed by atoms with Crippen molar-refractivity contribution in [2.24, 2.45) is 0 Å². The monoisotopic (exact) mass is 346 g/mol. The van der Waals surface area contributed by atoms with Crippen LogP contribution in [0.15, 0.2) is 42.9 Å². The van der Waals surface area contributed by atoms with Gasteiger partial charge in [-0.1, -0.05) is 0 Å². The zero-order valence-electron chi connectivity index (χ0n) is 13.6. The van der Waals surface area contributed by atoms with Gasteiger partial charge in [0.15, 0.2) is 5.69 Å². The Morgan fingerprint density at radius 3 is 2.77 bits per heavy atom. The number of nitrogens with one attached hydrogen (secondary N) is 2. The summed E-state index contributed by atoms with van der Waals surface area (Å²) < 4.78 is 1.69. The molecule has 0 aliphatic heterocycles. The molecule has 5 rings (SSSR count). The molecular formula is C18H14N6O2. The lowest BCUT2D eigenvalue weighted by molar-refractivity contribution is 0.0688. The Labute approximate surface area is 147 Å². The summed E-state index contributed by atoms with van der Waals surface area (Å²) >= 11 is 0. The van der Waals surface area contributed by atoms with E-state index in [-0.39, 0.29) is 5.69 Å². The van der Waals surface area contributed by atoms with E-state index in [1.807, 2.05) is 24.3 Å². The number of H-pyrrole nitrogens is 2. The number of aromatic amines is 2. The zero-order chi connectivity index (χ0) is 17.7. The van der Waals surface area contributed by atoms with Crippen LogP contribution >= 0.6 is 0 Å². The van der Waals surface area contributed by atoms with Gasteiger partial charge >= 0.3 is 5.97 Å². The molecule has 0 radical (unpaired) electrons. The molecule has 0 saturated heterocycles. The van der Waals surface area contributed by atoms with Crippen molar-refractivity contribution >= 4 is 5.97 Å². The van der Waals surface area contributed by atoms with Crippen LogP contribution in [0.25, 0.3) is 28.3 Å². The molecule has 0 fully saturated rings. The summed E-state index contributed by atoms with van der Waals surface area (Å²) in [5.74, 6) is -0.235. The number of rotatable bonds is 3. The molecule has 1 aliphatic rings. The lowest BCUT2D eigenvalue weighted by Gasteiger charge is -2.14. The second kappa shape index (κ2) is 5.41. The van der Waals surface area contributed by atoms with Crippen LogP contribution in [0.1, 0.15) is 21.7 Å². The third kappa shape index (κ3) is 2.08. The van der Waals surface area contributed by atoms with Gasteiger partial charge in [0, 0.05) is 34.8 Å². The van der Waals surface area contributed by atoms with E-state index < -0.39 is 5.97 Å². The molecule has 0 amide bonds. The van der Waals surface area contributed by atoms with E-state index in [4.69, 9.17) is 0 Å². The standard InChI is InChI=1S/C18H14N6O2/c25-18(26)15-12-5-6-14-13(9-21-22-14)16(12)24(23-15)11-3-1-10(2-4-11)17-19-7-8-20-17/h1-4,7-9H,5-6H2,(H,19,20)(H,21,22)(H,25,26). The number of hydrogen-bond donors (Lipinski definition) is 3. The van der Waals surface area contributed by atoms with Gasteiger partial charge in [0.25, 0.3) is 0 Å². The first kappa shape index (κ1) is 14.6. The fourth-order valence-electron chi connectivity index (χ4n) is 3.46. The predicted octanol–water partition coefficient (Wildman–Crippen LogP) is 2.45. The van der Waals surface area contributed by atoms with Crippen molar-refractivity contribution in [1.82, 2.24) is 29.9 Å². The van der Waals surface area contributed by atoms with Crippen molar-refractivity contribution in [3.05, 3.63) is 59.8 Å². The number of hydrogen-bond acceptors (Lipinski definition) is 4. The molecule has 26 heavy (non-hydrogen) atoms. The molecular weight excluding hydrogens is 332 g/mol. The van der Waals surface area contributed by atoms with Crippen molar-refractivity contribution in [2.75, 3.05) is 0 Å². The minimum absolute atomic E-state index is 0.0990. The third-order valence-corrected chi connectivity index (χ3v) is 4.67. The van der Waals surface area contributed by atoms with E-state index in [9.17, 15) is 9.90 Å². The van der Waals surface area contributed by atoms with Crippen LogP contribution < -0.4 is 0 Å². The Balaban J connectivity index is 1.67. The number of carbonyl (C=O) groups is 1. The van der Waals surface area contributed by atoms with Gasteiger partial charge in [-0.15, -0.1) is 0 Å². The highest BCUT2D eigenvalue weighted by molar-refractivity contribution is 5.91. The number of aromatic nitrogens is 6. The molecule has 0 spiro atoms. The average Bonchev–Trinajstić information content (AvgIpc) is 3.39. The first-order valence-corrected chi connectivity index (χ1v) is 8.20. The van der Waals surface area contributed by atoms with Gasteiger partial charge in [-0.25, -0.2) is 14.5 Å². The van der Waals surface area contributed by atoms with Crippen LogP contribution in [0.5, 0.6) is 0 Å². The van der Waals surface area contributed by atoms with Crippen LogP contribution in [-0.2, 0) is 12.8 Å².